The molecule has 9 aromatic carbocycles. The Kier molecular flexibility index (Phi) is 17.9. The predicted molar refractivity (Wildman–Crippen MR) is 375 cm³/mol. The number of carboxylic acid groups (broad SMARTS) is 4. The summed E-state index contributed by atoms with van der Waals surface area (Å²) in [5.41, 5.74) is 36.9. The number of furan rings is 2. The van der Waals surface area contributed by atoms with Gasteiger partial charge in [0.2, 0.25) is 0 Å². The Balaban J connectivity index is 0.000000126. The zero-order chi connectivity index (χ0) is 76.4. The molecular weight excluding hydrogens is 1370 g/mol. The summed E-state index contributed by atoms with van der Waals surface area (Å²) in [6, 6.07) is 33.4. The number of carbonyl (C=O) groups excluding carboxylic acids is 6. The molecule has 0 saturated heterocycles. The van der Waals surface area contributed by atoms with Crippen LogP contribution in [-0.4, -0.2) is 89.0 Å². The molecular formula is C72H43N9O24. The van der Waals surface area contributed by atoms with Gasteiger partial charge in [-0.2, -0.15) is 0 Å². The zero-order valence-corrected chi connectivity index (χ0v) is 52.8. The molecule has 0 bridgehead atoms. The number of rotatable bonds is 4. The van der Waals surface area contributed by atoms with Crippen LogP contribution in [0.25, 0.3) is 43.1 Å². The van der Waals surface area contributed by atoms with Crippen LogP contribution in [-0.2, 0) is 0 Å². The molecule has 16 rings (SSSR count). The molecule has 4 aromatic heterocycles. The molecule has 33 heteroatoms. The lowest BCUT2D eigenvalue weighted by Crippen LogP contribution is -2.26. The number of carboxylic acids is 4. The van der Waals surface area contributed by atoms with Crippen molar-refractivity contribution in [3.8, 4) is 0 Å². The van der Waals surface area contributed by atoms with E-state index in [1.165, 1.54) is 36.4 Å². The van der Waals surface area contributed by atoms with E-state index >= 15 is 0 Å². The third-order valence-corrected chi connectivity index (χ3v) is 16.7. The van der Waals surface area contributed by atoms with Crippen molar-refractivity contribution in [3.05, 3.63) is 312 Å². The standard InChI is InChI=1S/C14H12N4O2.C14H10N2O2.C14H9NO2.C10H4N2O4.C10H6O8.C10H2O6/c15-5-1-2-6(16)10-9(5)13(19)11-7(17)3-4-8(18)12(11)14(10)20;15-9-5-6-10(16)12-11(9)13(17)7-3-1-2-4-8(7)14(12)18;15-11-7-3-6-10-12(11)14(17)9-5-2-1-4-8(9)13(10)16;13-7-3-1-4-6(10(16)12-8(4)14)2-5(3)9(15)11-7;11-7(12)3-1-4(8(13)14)6(10(17)18)2-5(3)9(15)16;11-7-3-1-4-6(10(14)16-8(4)12)2-5(3)9(13)15-7/h1-4H,15-18H2;1-6H,15-16H2;1-7H,15H2;1-2H,(H,11,13,15)(H,12,14,16);1-2H,(H,11,12)(H,13,14)(H,15,16)(H,17,18);1-2H. The van der Waals surface area contributed by atoms with Crippen molar-refractivity contribution in [1.82, 2.24) is 9.97 Å². The molecule has 0 saturated carbocycles. The van der Waals surface area contributed by atoms with Crippen LogP contribution in [0.1, 0.15) is 137 Å². The first-order valence-corrected chi connectivity index (χ1v) is 29.8. The Labute approximate surface area is 578 Å². The smallest absolute Gasteiger partial charge is 0.346 e. The van der Waals surface area contributed by atoms with Crippen molar-refractivity contribution in [2.45, 2.75) is 0 Å². The van der Waals surface area contributed by atoms with E-state index in [9.17, 15) is 86.3 Å². The number of ketones is 6. The van der Waals surface area contributed by atoms with Crippen molar-refractivity contribution >= 4 is 141 Å². The number of anilines is 7. The van der Waals surface area contributed by atoms with E-state index in [1.54, 1.807) is 78.9 Å². The summed E-state index contributed by atoms with van der Waals surface area (Å²) in [7, 11) is 0. The topological polar surface area (TPSA) is 628 Å². The third kappa shape index (κ3) is 12.2. The number of hydrogen-bond donors (Lipinski definition) is 13. The molecule has 3 aliphatic rings. The van der Waals surface area contributed by atoms with Crippen molar-refractivity contribution in [3.63, 3.8) is 0 Å². The van der Waals surface area contributed by atoms with E-state index in [4.69, 9.17) is 60.6 Å². The number of nitrogen functional groups attached to an aromatic ring is 7. The van der Waals surface area contributed by atoms with Gasteiger partial charge in [0.05, 0.1) is 104 Å². The van der Waals surface area contributed by atoms with E-state index < -0.39 is 102 Å². The number of nitrogens with two attached hydrogens (primary N) is 7. The minimum Gasteiger partial charge on any atom is -0.478 e. The Morgan fingerprint density at radius 3 is 0.733 bits per heavy atom. The highest BCUT2D eigenvalue weighted by atomic mass is 16.4. The molecule has 0 aliphatic heterocycles. The van der Waals surface area contributed by atoms with Crippen molar-refractivity contribution < 1.29 is 77.2 Å². The fraction of sp³-hybridized carbons (Fsp3) is 0. The van der Waals surface area contributed by atoms with Gasteiger partial charge in [-0.3, -0.25) is 57.9 Å². The third-order valence-electron chi connectivity index (χ3n) is 16.7. The zero-order valence-electron chi connectivity index (χ0n) is 52.8. The number of aromatic carboxylic acids is 4. The monoisotopic (exact) mass is 1420 g/mol. The van der Waals surface area contributed by atoms with Crippen LogP contribution in [0.4, 0.5) is 39.8 Å². The Bertz CT molecular complexity index is 5880. The molecule has 0 fully saturated rings. The second-order valence-electron chi connectivity index (χ2n) is 22.8. The van der Waals surface area contributed by atoms with Gasteiger partial charge in [-0.05, 0) is 78.9 Å². The van der Waals surface area contributed by atoms with Gasteiger partial charge in [0, 0.05) is 67.6 Å². The Morgan fingerprint density at radius 2 is 0.467 bits per heavy atom. The molecule has 0 unspecified atom stereocenters. The number of aromatic amines is 2. The molecule has 13 aromatic rings. The minimum absolute atomic E-state index is 0.0181. The number of carbonyl (C=O) groups is 10. The van der Waals surface area contributed by atoms with Crippen LogP contribution >= 0.6 is 0 Å². The normalized spacial score (nSPS) is 12.0. The van der Waals surface area contributed by atoms with Crippen LogP contribution in [0.2, 0.25) is 0 Å². The predicted octanol–water partition coefficient (Wildman–Crippen LogP) is 3.40. The highest BCUT2D eigenvalue weighted by molar-refractivity contribution is 6.35. The quantitative estimate of drug-likeness (QED) is 0.112. The van der Waals surface area contributed by atoms with Crippen LogP contribution in [0.5, 0.6) is 0 Å². The van der Waals surface area contributed by atoms with Crippen LogP contribution in [0.3, 0.4) is 0 Å². The molecule has 0 radical (unpaired) electrons. The summed E-state index contributed by atoms with van der Waals surface area (Å²) in [6.07, 6.45) is 0. The Hall–Kier alpha value is -16.0. The van der Waals surface area contributed by atoms with Gasteiger partial charge in [0.1, 0.15) is 0 Å². The van der Waals surface area contributed by atoms with Crippen molar-refractivity contribution in [2.75, 3.05) is 40.1 Å². The molecule has 20 N–H and O–H groups in total. The summed E-state index contributed by atoms with van der Waals surface area (Å²) >= 11 is 0. The van der Waals surface area contributed by atoms with E-state index in [2.05, 4.69) is 18.8 Å². The van der Waals surface area contributed by atoms with Gasteiger partial charge >= 0.3 is 46.4 Å². The van der Waals surface area contributed by atoms with Gasteiger partial charge in [-0.25, -0.2) is 38.4 Å². The Morgan fingerprint density at radius 1 is 0.248 bits per heavy atom. The van der Waals surface area contributed by atoms with Gasteiger partial charge in [-0.1, -0.05) is 60.7 Å². The summed E-state index contributed by atoms with van der Waals surface area (Å²) in [4.78, 5) is 212. The summed E-state index contributed by atoms with van der Waals surface area (Å²) < 4.78 is 8.68. The average molecular weight is 1420 g/mol. The van der Waals surface area contributed by atoms with E-state index in [0.29, 0.717) is 51.2 Å². The first-order valence-electron chi connectivity index (χ1n) is 29.8. The SMILES string of the molecule is Nc1ccc(N)c2c1C(=O)c1c(N)ccc(N)c1C2=O.Nc1ccc(N)c2c1C(=O)c1ccccc1C2=O.Nc1cccc2c1C(=O)c1ccccc1C2=O.O=C(O)c1cc(C(=O)O)c(C(=O)O)cc1C(=O)O.O=c1[nH]c(=O)c2cc3c(=O)[nH]c(=O)c3cc12.O=c1oc(=O)c2cc3c(=O)oc(=O)c3cc12. The lowest BCUT2D eigenvalue weighted by Gasteiger charge is -2.22. The van der Waals surface area contributed by atoms with Gasteiger partial charge in [-0.15, -0.1) is 0 Å². The van der Waals surface area contributed by atoms with Crippen molar-refractivity contribution in [2.24, 2.45) is 0 Å². The van der Waals surface area contributed by atoms with E-state index in [1.807, 2.05) is 0 Å². The van der Waals surface area contributed by atoms with E-state index in [-0.39, 0.29) is 134 Å². The van der Waals surface area contributed by atoms with Gasteiger partial charge in [0.15, 0.2) is 34.7 Å². The molecule has 0 amide bonds. The molecule has 33 nitrogen and oxygen atoms in total. The number of aromatic nitrogens is 2. The number of fused-ring (bicyclic) bond motifs is 10. The molecule has 4 heterocycles. The molecule has 0 spiro atoms. The summed E-state index contributed by atoms with van der Waals surface area (Å²) in [6.45, 7) is 0. The first kappa shape index (κ1) is 70.4. The van der Waals surface area contributed by atoms with Crippen molar-refractivity contribution in [1.29, 1.82) is 0 Å². The molecule has 520 valence electrons. The first-order chi connectivity index (χ1) is 49.6. The van der Waals surface area contributed by atoms with Gasteiger partial charge < -0.3 is 69.4 Å². The average Bonchev–Trinajstić information content (AvgIpc) is 1.55. The maximum absolute atomic E-state index is 12.6. The summed E-state index contributed by atoms with van der Waals surface area (Å²) in [5, 5.41) is 35.4. The highest BCUT2D eigenvalue weighted by Crippen LogP contribution is 2.39. The highest BCUT2D eigenvalue weighted by Gasteiger charge is 2.37. The second-order valence-corrected chi connectivity index (χ2v) is 22.8. The lowest BCUT2D eigenvalue weighted by molar-refractivity contribution is 0.0637. The van der Waals surface area contributed by atoms with Crippen LogP contribution in [0, 0.1) is 0 Å². The maximum Gasteiger partial charge on any atom is 0.346 e. The number of benzene rings is 9. The minimum atomic E-state index is -1.66. The number of hydrogen-bond acceptors (Lipinski definition) is 27. The molecule has 3 aliphatic carbocycles. The summed E-state index contributed by atoms with van der Waals surface area (Å²) in [5.74, 6) is -8.29. The lowest BCUT2D eigenvalue weighted by atomic mass is 9.81. The second kappa shape index (κ2) is 26.7. The van der Waals surface area contributed by atoms with Gasteiger partial charge in [0.25, 0.3) is 22.2 Å². The fourth-order valence-electron chi connectivity index (χ4n) is 11.7. The number of H-pyrrole nitrogens is 2. The largest absolute Gasteiger partial charge is 0.478 e. The van der Waals surface area contributed by atoms with Crippen LogP contribution in [0.15, 0.2) is 187 Å². The maximum atomic E-state index is 12.6. The number of nitrogens with one attached hydrogen (secondary N) is 2. The molecule has 105 heavy (non-hydrogen) atoms. The van der Waals surface area contributed by atoms with Crippen LogP contribution < -0.4 is 84.9 Å². The van der Waals surface area contributed by atoms with E-state index in [0.717, 1.165) is 12.1 Å². The molecule has 0 atom stereocenters. The fourth-order valence-corrected chi connectivity index (χ4v) is 11.7.